The molecule has 1 aromatic carbocycles. The topological polar surface area (TPSA) is 40.5 Å². The number of benzene rings is 1. The SMILES string of the molecule is O=C(c1cccc(S)c1)N1CCCC1CCCO. The first kappa shape index (κ1) is 13.4. The van der Waals surface area contributed by atoms with Crippen molar-refractivity contribution in [3.63, 3.8) is 0 Å². The van der Waals surface area contributed by atoms with Crippen molar-refractivity contribution in [3.8, 4) is 0 Å². The smallest absolute Gasteiger partial charge is 0.254 e. The van der Waals surface area contributed by atoms with Crippen molar-refractivity contribution in [2.24, 2.45) is 0 Å². The van der Waals surface area contributed by atoms with Crippen molar-refractivity contribution in [2.75, 3.05) is 13.2 Å². The lowest BCUT2D eigenvalue weighted by molar-refractivity contribution is 0.0724. The summed E-state index contributed by atoms with van der Waals surface area (Å²) < 4.78 is 0. The van der Waals surface area contributed by atoms with Gasteiger partial charge < -0.3 is 10.0 Å². The largest absolute Gasteiger partial charge is 0.396 e. The minimum atomic E-state index is 0.0892. The molecule has 2 rings (SSSR count). The normalized spacial score (nSPS) is 19.2. The molecule has 1 saturated heterocycles. The third kappa shape index (κ3) is 3.06. The monoisotopic (exact) mass is 265 g/mol. The molecule has 3 nitrogen and oxygen atoms in total. The summed E-state index contributed by atoms with van der Waals surface area (Å²) in [7, 11) is 0. The van der Waals surface area contributed by atoms with Crippen LogP contribution in [-0.4, -0.2) is 35.1 Å². The Bertz CT molecular complexity index is 422. The lowest BCUT2D eigenvalue weighted by Crippen LogP contribution is -2.35. The highest BCUT2D eigenvalue weighted by atomic mass is 32.1. The number of thiol groups is 1. The van der Waals surface area contributed by atoms with Crippen LogP contribution in [0.3, 0.4) is 0 Å². The Labute approximate surface area is 113 Å². The van der Waals surface area contributed by atoms with E-state index in [1.54, 1.807) is 0 Å². The molecule has 1 unspecified atom stereocenters. The number of carbonyl (C=O) groups is 1. The molecule has 0 bridgehead atoms. The summed E-state index contributed by atoms with van der Waals surface area (Å²) in [5.74, 6) is 0.0892. The molecule has 1 atom stereocenters. The Balaban J connectivity index is 2.08. The summed E-state index contributed by atoms with van der Waals surface area (Å²) in [6.45, 7) is 1.02. The van der Waals surface area contributed by atoms with Crippen LogP contribution in [0.25, 0.3) is 0 Å². The number of aliphatic hydroxyl groups is 1. The number of aliphatic hydroxyl groups excluding tert-OH is 1. The van der Waals surface area contributed by atoms with Crippen molar-refractivity contribution < 1.29 is 9.90 Å². The second-order valence-corrected chi connectivity index (χ2v) is 5.23. The molecule has 1 amide bonds. The number of nitrogens with zero attached hydrogens (tertiary/aromatic N) is 1. The van der Waals surface area contributed by atoms with E-state index in [0.29, 0.717) is 5.56 Å². The maximum atomic E-state index is 12.4. The van der Waals surface area contributed by atoms with Crippen molar-refractivity contribution in [1.82, 2.24) is 4.90 Å². The summed E-state index contributed by atoms with van der Waals surface area (Å²) in [6, 6.07) is 7.66. The van der Waals surface area contributed by atoms with Gasteiger partial charge in [0.2, 0.25) is 0 Å². The van der Waals surface area contributed by atoms with Crippen LogP contribution in [-0.2, 0) is 0 Å². The second kappa shape index (κ2) is 6.25. The molecule has 1 heterocycles. The molecule has 4 heteroatoms. The number of rotatable bonds is 4. The Kier molecular flexibility index (Phi) is 4.66. The third-order valence-electron chi connectivity index (χ3n) is 3.43. The quantitative estimate of drug-likeness (QED) is 0.820. The molecular formula is C14H19NO2S. The highest BCUT2D eigenvalue weighted by Gasteiger charge is 2.28. The van der Waals surface area contributed by atoms with E-state index in [9.17, 15) is 4.79 Å². The van der Waals surface area contributed by atoms with Crippen molar-refractivity contribution >= 4 is 18.5 Å². The molecule has 1 N–H and O–H groups in total. The lowest BCUT2D eigenvalue weighted by atomic mass is 10.1. The minimum Gasteiger partial charge on any atom is -0.396 e. The summed E-state index contributed by atoms with van der Waals surface area (Å²) in [5, 5.41) is 8.89. The molecule has 0 aromatic heterocycles. The average molecular weight is 265 g/mol. The molecule has 98 valence electrons. The van der Waals surface area contributed by atoms with Gasteiger partial charge in [-0.05, 0) is 43.9 Å². The molecular weight excluding hydrogens is 246 g/mol. The molecule has 1 aliphatic rings. The zero-order valence-electron chi connectivity index (χ0n) is 10.4. The maximum Gasteiger partial charge on any atom is 0.254 e. The van der Waals surface area contributed by atoms with Crippen LogP contribution in [0.15, 0.2) is 29.2 Å². The number of hydrogen-bond donors (Lipinski definition) is 2. The number of amides is 1. The minimum absolute atomic E-state index is 0.0892. The number of hydrogen-bond acceptors (Lipinski definition) is 3. The first-order valence-electron chi connectivity index (χ1n) is 6.43. The molecule has 0 saturated carbocycles. The van der Waals surface area contributed by atoms with E-state index in [0.717, 1.165) is 37.1 Å². The van der Waals surface area contributed by atoms with E-state index < -0.39 is 0 Å². The van der Waals surface area contributed by atoms with Crippen LogP contribution >= 0.6 is 12.6 Å². The van der Waals surface area contributed by atoms with Gasteiger partial charge in [0.05, 0.1) is 0 Å². The van der Waals surface area contributed by atoms with E-state index in [-0.39, 0.29) is 18.6 Å². The van der Waals surface area contributed by atoms with Gasteiger partial charge in [0, 0.05) is 29.7 Å². The summed E-state index contributed by atoms with van der Waals surface area (Å²) in [6.07, 6.45) is 3.76. The molecule has 18 heavy (non-hydrogen) atoms. The summed E-state index contributed by atoms with van der Waals surface area (Å²) in [4.78, 5) is 15.2. The summed E-state index contributed by atoms with van der Waals surface area (Å²) >= 11 is 4.27. The maximum absolute atomic E-state index is 12.4. The van der Waals surface area contributed by atoms with Gasteiger partial charge >= 0.3 is 0 Å². The van der Waals surface area contributed by atoms with Gasteiger partial charge in [-0.1, -0.05) is 6.07 Å². The lowest BCUT2D eigenvalue weighted by Gasteiger charge is -2.24. The fraction of sp³-hybridized carbons (Fsp3) is 0.500. The predicted molar refractivity (Wildman–Crippen MR) is 74.1 cm³/mol. The van der Waals surface area contributed by atoms with E-state index in [1.807, 2.05) is 29.2 Å². The van der Waals surface area contributed by atoms with Gasteiger partial charge in [0.15, 0.2) is 0 Å². The highest BCUT2D eigenvalue weighted by molar-refractivity contribution is 7.80. The predicted octanol–water partition coefficient (Wildman–Crippen LogP) is 2.35. The van der Waals surface area contributed by atoms with E-state index in [2.05, 4.69) is 12.6 Å². The molecule has 1 fully saturated rings. The van der Waals surface area contributed by atoms with Gasteiger partial charge in [-0.2, -0.15) is 0 Å². The van der Waals surface area contributed by atoms with Crippen molar-refractivity contribution in [2.45, 2.75) is 36.6 Å². The molecule has 0 spiro atoms. The Morgan fingerprint density at radius 3 is 3.06 bits per heavy atom. The first-order valence-corrected chi connectivity index (χ1v) is 6.88. The van der Waals surface area contributed by atoms with Crippen molar-refractivity contribution in [1.29, 1.82) is 0 Å². The zero-order valence-corrected chi connectivity index (χ0v) is 11.3. The molecule has 0 radical (unpaired) electrons. The first-order chi connectivity index (χ1) is 8.72. The van der Waals surface area contributed by atoms with E-state index in [4.69, 9.17) is 5.11 Å². The van der Waals surface area contributed by atoms with Crippen LogP contribution in [0.5, 0.6) is 0 Å². The Hall–Kier alpha value is -1.00. The molecule has 1 aromatic rings. The van der Waals surface area contributed by atoms with Crippen LogP contribution in [0.2, 0.25) is 0 Å². The van der Waals surface area contributed by atoms with Crippen LogP contribution in [0.4, 0.5) is 0 Å². The van der Waals surface area contributed by atoms with Crippen LogP contribution in [0.1, 0.15) is 36.0 Å². The fourth-order valence-electron chi connectivity index (χ4n) is 2.53. The van der Waals surface area contributed by atoms with Gasteiger partial charge in [0.25, 0.3) is 5.91 Å². The van der Waals surface area contributed by atoms with Gasteiger partial charge in [-0.3, -0.25) is 4.79 Å². The van der Waals surface area contributed by atoms with Crippen LogP contribution < -0.4 is 0 Å². The summed E-state index contributed by atoms with van der Waals surface area (Å²) in [5.41, 5.74) is 0.707. The van der Waals surface area contributed by atoms with E-state index in [1.165, 1.54) is 0 Å². The third-order valence-corrected chi connectivity index (χ3v) is 3.70. The second-order valence-electron chi connectivity index (χ2n) is 4.71. The average Bonchev–Trinajstić information content (AvgIpc) is 2.83. The van der Waals surface area contributed by atoms with Crippen molar-refractivity contribution in [3.05, 3.63) is 29.8 Å². The Morgan fingerprint density at radius 1 is 1.50 bits per heavy atom. The van der Waals surface area contributed by atoms with Gasteiger partial charge in [0.1, 0.15) is 0 Å². The number of likely N-dealkylation sites (tertiary alicyclic amines) is 1. The fourth-order valence-corrected chi connectivity index (χ4v) is 2.76. The highest BCUT2D eigenvalue weighted by Crippen LogP contribution is 2.24. The van der Waals surface area contributed by atoms with E-state index >= 15 is 0 Å². The molecule has 0 aliphatic carbocycles. The number of carbonyl (C=O) groups excluding carboxylic acids is 1. The van der Waals surface area contributed by atoms with Crippen LogP contribution in [0, 0.1) is 0 Å². The molecule has 1 aliphatic heterocycles. The Morgan fingerprint density at radius 2 is 2.33 bits per heavy atom. The van der Waals surface area contributed by atoms with Gasteiger partial charge in [-0.25, -0.2) is 0 Å². The standard InChI is InChI=1S/C14H19NO2S/c16-9-3-6-12-5-2-8-15(12)14(17)11-4-1-7-13(18)10-11/h1,4,7,10,12,16,18H,2-3,5-6,8-9H2. The zero-order chi connectivity index (χ0) is 13.0. The van der Waals surface area contributed by atoms with Gasteiger partial charge in [-0.15, -0.1) is 12.6 Å².